The molecule has 0 heterocycles. The van der Waals surface area contributed by atoms with Crippen LogP contribution in [-0.4, -0.2) is 24.0 Å². The van der Waals surface area contributed by atoms with Crippen molar-refractivity contribution < 1.29 is 14.7 Å². The van der Waals surface area contributed by atoms with Crippen molar-refractivity contribution in [2.45, 2.75) is 0 Å². The summed E-state index contributed by atoms with van der Waals surface area (Å²) in [6, 6.07) is 6.65. The summed E-state index contributed by atoms with van der Waals surface area (Å²) in [5.41, 5.74) is 1.29. The molecular formula is C11H11NO3. The lowest BCUT2D eigenvalue weighted by Crippen LogP contribution is -2.17. The average Bonchev–Trinajstić information content (AvgIpc) is 2.26. The molecule has 0 aliphatic carbocycles. The first-order chi connectivity index (χ1) is 7.13. The summed E-state index contributed by atoms with van der Waals surface area (Å²) in [6.07, 6.45) is 2.52. The van der Waals surface area contributed by atoms with Crippen LogP contribution >= 0.6 is 0 Å². The monoisotopic (exact) mass is 205 g/mol. The van der Waals surface area contributed by atoms with E-state index in [1.54, 1.807) is 31.3 Å². The Kier molecular flexibility index (Phi) is 3.62. The van der Waals surface area contributed by atoms with E-state index < -0.39 is 5.97 Å². The van der Waals surface area contributed by atoms with Crippen LogP contribution in [0.25, 0.3) is 6.08 Å². The Morgan fingerprint density at radius 1 is 1.27 bits per heavy atom. The largest absolute Gasteiger partial charge is 0.478 e. The van der Waals surface area contributed by atoms with Crippen molar-refractivity contribution >= 4 is 18.0 Å². The Bertz CT molecular complexity index is 393. The SMILES string of the molecule is CNC(=O)c1ccc(/C=C\C(=O)O)cc1. The normalized spacial score (nSPS) is 10.2. The molecule has 0 aromatic heterocycles. The Morgan fingerprint density at radius 3 is 2.33 bits per heavy atom. The molecule has 0 aliphatic rings. The smallest absolute Gasteiger partial charge is 0.328 e. The van der Waals surface area contributed by atoms with Crippen LogP contribution in [-0.2, 0) is 4.79 Å². The molecule has 4 nitrogen and oxygen atoms in total. The summed E-state index contributed by atoms with van der Waals surface area (Å²) in [6.45, 7) is 0. The van der Waals surface area contributed by atoms with Gasteiger partial charge in [-0.15, -0.1) is 0 Å². The van der Waals surface area contributed by atoms with Crippen molar-refractivity contribution in [3.05, 3.63) is 41.5 Å². The van der Waals surface area contributed by atoms with Crippen molar-refractivity contribution in [3.8, 4) is 0 Å². The summed E-state index contributed by atoms with van der Waals surface area (Å²) in [4.78, 5) is 21.4. The number of carbonyl (C=O) groups excluding carboxylic acids is 1. The molecule has 0 atom stereocenters. The fourth-order valence-corrected chi connectivity index (χ4v) is 1.06. The zero-order valence-corrected chi connectivity index (χ0v) is 8.23. The molecule has 1 aromatic carbocycles. The summed E-state index contributed by atoms with van der Waals surface area (Å²) in [5.74, 6) is -1.16. The molecule has 0 unspecified atom stereocenters. The maximum absolute atomic E-state index is 11.2. The van der Waals surface area contributed by atoms with Crippen LogP contribution in [0, 0.1) is 0 Å². The number of carbonyl (C=O) groups is 2. The van der Waals surface area contributed by atoms with Gasteiger partial charge < -0.3 is 10.4 Å². The van der Waals surface area contributed by atoms with Gasteiger partial charge in [0, 0.05) is 18.7 Å². The molecule has 4 heteroatoms. The molecule has 15 heavy (non-hydrogen) atoms. The maximum Gasteiger partial charge on any atom is 0.328 e. The van der Waals surface area contributed by atoms with E-state index in [2.05, 4.69) is 5.32 Å². The number of hydrogen-bond donors (Lipinski definition) is 2. The minimum atomic E-state index is -0.995. The van der Waals surface area contributed by atoms with Gasteiger partial charge in [-0.2, -0.15) is 0 Å². The van der Waals surface area contributed by atoms with Crippen molar-refractivity contribution in [1.82, 2.24) is 5.32 Å². The Labute approximate surface area is 87.2 Å². The molecule has 2 N–H and O–H groups in total. The number of rotatable bonds is 3. The topological polar surface area (TPSA) is 66.4 Å². The van der Waals surface area contributed by atoms with Crippen LogP contribution in [0.2, 0.25) is 0 Å². The van der Waals surface area contributed by atoms with Crippen molar-refractivity contribution in [2.24, 2.45) is 0 Å². The number of amides is 1. The zero-order valence-electron chi connectivity index (χ0n) is 8.23. The van der Waals surface area contributed by atoms with Gasteiger partial charge in [-0.05, 0) is 23.8 Å². The van der Waals surface area contributed by atoms with Gasteiger partial charge in [0.15, 0.2) is 0 Å². The second kappa shape index (κ2) is 4.95. The van der Waals surface area contributed by atoms with E-state index in [9.17, 15) is 9.59 Å². The van der Waals surface area contributed by atoms with Gasteiger partial charge >= 0.3 is 5.97 Å². The minimum Gasteiger partial charge on any atom is -0.478 e. The van der Waals surface area contributed by atoms with Crippen LogP contribution in [0.1, 0.15) is 15.9 Å². The second-order valence-corrected chi connectivity index (χ2v) is 2.87. The Hall–Kier alpha value is -2.10. The van der Waals surface area contributed by atoms with Gasteiger partial charge in [0.25, 0.3) is 5.91 Å². The molecule has 0 spiro atoms. The molecule has 0 radical (unpaired) electrons. The Balaban J connectivity index is 2.81. The predicted octanol–water partition coefficient (Wildman–Crippen LogP) is 1.14. The van der Waals surface area contributed by atoms with Gasteiger partial charge in [-0.25, -0.2) is 4.79 Å². The van der Waals surface area contributed by atoms with E-state index in [1.165, 1.54) is 6.08 Å². The number of aliphatic carboxylic acids is 1. The van der Waals surface area contributed by atoms with Crippen LogP contribution in [0.4, 0.5) is 0 Å². The molecule has 0 bridgehead atoms. The highest BCUT2D eigenvalue weighted by Gasteiger charge is 2.00. The Morgan fingerprint density at radius 2 is 1.87 bits per heavy atom. The fraction of sp³-hybridized carbons (Fsp3) is 0.0909. The van der Waals surface area contributed by atoms with E-state index in [-0.39, 0.29) is 5.91 Å². The van der Waals surface area contributed by atoms with E-state index in [0.717, 1.165) is 11.6 Å². The summed E-state index contributed by atoms with van der Waals surface area (Å²) < 4.78 is 0. The molecule has 0 fully saturated rings. The first-order valence-electron chi connectivity index (χ1n) is 4.36. The first kappa shape index (κ1) is 11.0. The standard InChI is InChI=1S/C11H11NO3/c1-12-11(15)9-5-2-8(3-6-9)4-7-10(13)14/h2-7H,1H3,(H,12,15)(H,13,14)/b7-4-. The lowest BCUT2D eigenvalue weighted by molar-refractivity contribution is -0.131. The molecule has 78 valence electrons. The van der Waals surface area contributed by atoms with Gasteiger partial charge in [-0.3, -0.25) is 4.79 Å². The molecule has 0 aliphatic heterocycles. The van der Waals surface area contributed by atoms with E-state index in [0.29, 0.717) is 5.56 Å². The van der Waals surface area contributed by atoms with E-state index >= 15 is 0 Å². The van der Waals surface area contributed by atoms with Gasteiger partial charge in [0.05, 0.1) is 0 Å². The van der Waals surface area contributed by atoms with E-state index in [4.69, 9.17) is 5.11 Å². The highest BCUT2D eigenvalue weighted by molar-refractivity contribution is 5.94. The molecule has 1 amide bonds. The number of hydrogen-bond acceptors (Lipinski definition) is 2. The van der Waals surface area contributed by atoms with Crippen molar-refractivity contribution in [1.29, 1.82) is 0 Å². The zero-order chi connectivity index (χ0) is 11.3. The van der Waals surface area contributed by atoms with Crippen LogP contribution in [0.5, 0.6) is 0 Å². The molecule has 1 aromatic rings. The number of nitrogens with one attached hydrogen (secondary N) is 1. The van der Waals surface area contributed by atoms with Crippen LogP contribution in [0.15, 0.2) is 30.3 Å². The third-order valence-electron chi connectivity index (χ3n) is 1.82. The van der Waals surface area contributed by atoms with E-state index in [1.807, 2.05) is 0 Å². The molecule has 0 saturated carbocycles. The van der Waals surface area contributed by atoms with Crippen LogP contribution < -0.4 is 5.32 Å². The highest BCUT2D eigenvalue weighted by atomic mass is 16.4. The predicted molar refractivity (Wildman–Crippen MR) is 56.5 cm³/mol. The lowest BCUT2D eigenvalue weighted by atomic mass is 10.1. The van der Waals surface area contributed by atoms with Crippen molar-refractivity contribution in [3.63, 3.8) is 0 Å². The second-order valence-electron chi connectivity index (χ2n) is 2.87. The molecular weight excluding hydrogens is 194 g/mol. The number of benzene rings is 1. The fourth-order valence-electron chi connectivity index (χ4n) is 1.06. The highest BCUT2D eigenvalue weighted by Crippen LogP contribution is 2.05. The maximum atomic E-state index is 11.2. The van der Waals surface area contributed by atoms with Gasteiger partial charge in [0.1, 0.15) is 0 Å². The van der Waals surface area contributed by atoms with Crippen molar-refractivity contribution in [2.75, 3.05) is 7.05 Å². The number of carboxylic acid groups (broad SMARTS) is 1. The summed E-state index contributed by atoms with van der Waals surface area (Å²) in [7, 11) is 1.56. The first-order valence-corrected chi connectivity index (χ1v) is 4.36. The van der Waals surface area contributed by atoms with Crippen LogP contribution in [0.3, 0.4) is 0 Å². The average molecular weight is 205 g/mol. The lowest BCUT2D eigenvalue weighted by Gasteiger charge is -1.99. The third kappa shape index (κ3) is 3.27. The minimum absolute atomic E-state index is 0.163. The van der Waals surface area contributed by atoms with Gasteiger partial charge in [-0.1, -0.05) is 12.1 Å². The summed E-state index contributed by atoms with van der Waals surface area (Å²) in [5, 5.41) is 10.9. The quantitative estimate of drug-likeness (QED) is 0.727. The van der Waals surface area contributed by atoms with Gasteiger partial charge in [0.2, 0.25) is 0 Å². The molecule has 1 rings (SSSR count). The summed E-state index contributed by atoms with van der Waals surface area (Å²) >= 11 is 0. The molecule has 0 saturated heterocycles. The third-order valence-corrected chi connectivity index (χ3v) is 1.82. The number of carboxylic acids is 1.